The van der Waals surface area contributed by atoms with Gasteiger partial charge in [0.15, 0.2) is 5.82 Å². The second-order valence-corrected chi connectivity index (χ2v) is 7.02. The number of aromatic nitrogens is 2. The number of hydrogen-bond acceptors (Lipinski definition) is 3. The average molecular weight is 354 g/mol. The SMILES string of the molecule is Cc1ccc(N=Nc2c(-c3ccc(C)cc3C)nc3c(C)cccn23)cc1. The van der Waals surface area contributed by atoms with Crippen LogP contribution in [0.4, 0.5) is 11.5 Å². The first kappa shape index (κ1) is 17.2. The van der Waals surface area contributed by atoms with Crippen LogP contribution in [0.3, 0.4) is 0 Å². The quantitative estimate of drug-likeness (QED) is 0.380. The molecule has 2 aromatic heterocycles. The van der Waals surface area contributed by atoms with E-state index in [0.29, 0.717) is 0 Å². The van der Waals surface area contributed by atoms with Gasteiger partial charge in [0.1, 0.15) is 11.3 Å². The molecule has 0 N–H and O–H groups in total. The van der Waals surface area contributed by atoms with Crippen molar-refractivity contribution in [1.29, 1.82) is 0 Å². The predicted molar refractivity (Wildman–Crippen MR) is 110 cm³/mol. The van der Waals surface area contributed by atoms with Gasteiger partial charge in [-0.1, -0.05) is 47.5 Å². The molecule has 0 fully saturated rings. The highest BCUT2D eigenvalue weighted by atomic mass is 15.2. The summed E-state index contributed by atoms with van der Waals surface area (Å²) in [6, 6.07) is 18.5. The van der Waals surface area contributed by atoms with Crippen molar-refractivity contribution in [2.45, 2.75) is 27.7 Å². The normalized spacial score (nSPS) is 11.6. The molecule has 0 unspecified atom stereocenters. The lowest BCUT2D eigenvalue weighted by Gasteiger charge is -2.05. The highest BCUT2D eigenvalue weighted by Crippen LogP contribution is 2.35. The zero-order valence-electron chi connectivity index (χ0n) is 16.1. The third-order valence-corrected chi connectivity index (χ3v) is 4.75. The maximum absolute atomic E-state index is 4.91. The van der Waals surface area contributed by atoms with Gasteiger partial charge in [-0.2, -0.15) is 0 Å². The van der Waals surface area contributed by atoms with Crippen LogP contribution >= 0.6 is 0 Å². The molecule has 0 radical (unpaired) electrons. The van der Waals surface area contributed by atoms with Crippen molar-refractivity contribution in [3.05, 3.63) is 83.0 Å². The summed E-state index contributed by atoms with van der Waals surface area (Å²) < 4.78 is 2.02. The van der Waals surface area contributed by atoms with E-state index in [2.05, 4.69) is 62.2 Å². The lowest BCUT2D eigenvalue weighted by Crippen LogP contribution is -1.86. The minimum atomic E-state index is 0.751. The molecule has 2 heterocycles. The van der Waals surface area contributed by atoms with Gasteiger partial charge in [-0.15, -0.1) is 10.2 Å². The Bertz CT molecular complexity index is 1150. The van der Waals surface area contributed by atoms with Gasteiger partial charge in [-0.05, 0) is 57.0 Å². The number of fused-ring (bicyclic) bond motifs is 1. The molecule has 4 heteroatoms. The summed E-state index contributed by atoms with van der Waals surface area (Å²) in [4.78, 5) is 4.91. The second kappa shape index (κ2) is 6.80. The molecule has 0 aliphatic heterocycles. The maximum atomic E-state index is 4.91. The Morgan fingerprint density at radius 3 is 2.26 bits per heavy atom. The zero-order chi connectivity index (χ0) is 19.0. The number of imidazole rings is 1. The van der Waals surface area contributed by atoms with Crippen molar-refractivity contribution in [2.75, 3.05) is 0 Å². The van der Waals surface area contributed by atoms with Gasteiger partial charge in [-0.3, -0.25) is 4.40 Å². The monoisotopic (exact) mass is 354 g/mol. The van der Waals surface area contributed by atoms with Crippen molar-refractivity contribution in [3.8, 4) is 11.3 Å². The predicted octanol–water partition coefficient (Wildman–Crippen LogP) is 6.65. The summed E-state index contributed by atoms with van der Waals surface area (Å²) in [6.07, 6.45) is 1.99. The van der Waals surface area contributed by atoms with E-state index in [4.69, 9.17) is 4.98 Å². The number of nitrogens with zero attached hydrogens (tertiary/aromatic N) is 4. The first-order valence-electron chi connectivity index (χ1n) is 9.06. The number of azo groups is 1. The van der Waals surface area contributed by atoms with E-state index >= 15 is 0 Å². The van der Waals surface area contributed by atoms with Crippen LogP contribution in [0.25, 0.3) is 16.9 Å². The highest BCUT2D eigenvalue weighted by Gasteiger charge is 2.16. The van der Waals surface area contributed by atoms with Gasteiger partial charge in [0.25, 0.3) is 0 Å². The van der Waals surface area contributed by atoms with Gasteiger partial charge in [0, 0.05) is 11.8 Å². The van der Waals surface area contributed by atoms with Gasteiger partial charge < -0.3 is 0 Å². The Hall–Kier alpha value is -3.27. The standard InChI is InChI=1S/C23H22N4/c1-15-7-10-19(11-8-15)25-26-23-21(20-12-9-16(2)14-18(20)4)24-22-17(3)6-5-13-27(22)23/h5-14H,1-4H3. The molecule has 0 aliphatic carbocycles. The number of hydrogen-bond donors (Lipinski definition) is 0. The van der Waals surface area contributed by atoms with Gasteiger partial charge in [0.05, 0.1) is 5.69 Å². The topological polar surface area (TPSA) is 42.0 Å². The van der Waals surface area contributed by atoms with Crippen LogP contribution in [-0.4, -0.2) is 9.38 Å². The van der Waals surface area contributed by atoms with Crippen LogP contribution in [0.15, 0.2) is 71.0 Å². The molecule has 4 rings (SSSR count). The number of pyridine rings is 1. The van der Waals surface area contributed by atoms with Crippen molar-refractivity contribution < 1.29 is 0 Å². The van der Waals surface area contributed by atoms with Gasteiger partial charge in [0.2, 0.25) is 0 Å². The Kier molecular flexibility index (Phi) is 4.32. The Labute approximate surface area is 159 Å². The fraction of sp³-hybridized carbons (Fsp3) is 0.174. The third-order valence-electron chi connectivity index (χ3n) is 4.75. The Morgan fingerprint density at radius 1 is 0.778 bits per heavy atom. The Morgan fingerprint density at radius 2 is 1.52 bits per heavy atom. The summed E-state index contributed by atoms with van der Waals surface area (Å²) in [7, 11) is 0. The summed E-state index contributed by atoms with van der Waals surface area (Å²) in [6.45, 7) is 8.34. The summed E-state index contributed by atoms with van der Waals surface area (Å²) in [5.41, 5.74) is 8.41. The molecule has 0 bridgehead atoms. The van der Waals surface area contributed by atoms with E-state index in [1.54, 1.807) is 0 Å². The van der Waals surface area contributed by atoms with Crippen LogP contribution in [0.1, 0.15) is 22.3 Å². The lowest BCUT2D eigenvalue weighted by atomic mass is 10.0. The van der Waals surface area contributed by atoms with Gasteiger partial charge in [-0.25, -0.2) is 4.98 Å². The Balaban J connectivity index is 1.91. The molecule has 0 atom stereocenters. The minimum absolute atomic E-state index is 0.751. The van der Waals surface area contributed by atoms with E-state index in [-0.39, 0.29) is 0 Å². The third kappa shape index (κ3) is 3.26. The van der Waals surface area contributed by atoms with E-state index in [9.17, 15) is 0 Å². The molecule has 4 aromatic rings. The van der Waals surface area contributed by atoms with Crippen LogP contribution in [0, 0.1) is 27.7 Å². The molecular weight excluding hydrogens is 332 g/mol. The molecule has 0 aliphatic rings. The van der Waals surface area contributed by atoms with E-state index < -0.39 is 0 Å². The highest BCUT2D eigenvalue weighted by molar-refractivity contribution is 5.77. The number of rotatable bonds is 3. The molecule has 0 amide bonds. The van der Waals surface area contributed by atoms with Crippen molar-refractivity contribution in [2.24, 2.45) is 10.2 Å². The van der Waals surface area contributed by atoms with Crippen LogP contribution in [0.5, 0.6) is 0 Å². The van der Waals surface area contributed by atoms with E-state index in [1.807, 2.05) is 40.9 Å². The molecule has 27 heavy (non-hydrogen) atoms. The minimum Gasteiger partial charge on any atom is -0.282 e. The second-order valence-electron chi connectivity index (χ2n) is 7.02. The molecule has 0 spiro atoms. The average Bonchev–Trinajstić information content (AvgIpc) is 3.01. The fourth-order valence-corrected chi connectivity index (χ4v) is 3.26. The molecule has 134 valence electrons. The van der Waals surface area contributed by atoms with Crippen molar-refractivity contribution in [3.63, 3.8) is 0 Å². The summed E-state index contributed by atoms with van der Waals surface area (Å²) in [5, 5.41) is 9.07. The molecule has 0 saturated carbocycles. The van der Waals surface area contributed by atoms with Gasteiger partial charge >= 0.3 is 0 Å². The molecule has 4 nitrogen and oxygen atoms in total. The van der Waals surface area contributed by atoms with Crippen LogP contribution < -0.4 is 0 Å². The lowest BCUT2D eigenvalue weighted by molar-refractivity contribution is 1.10. The smallest absolute Gasteiger partial charge is 0.187 e. The molecule has 0 saturated heterocycles. The fourth-order valence-electron chi connectivity index (χ4n) is 3.26. The van der Waals surface area contributed by atoms with Crippen molar-refractivity contribution in [1.82, 2.24) is 9.38 Å². The summed E-state index contributed by atoms with van der Waals surface area (Å²) >= 11 is 0. The summed E-state index contributed by atoms with van der Waals surface area (Å²) in [5.74, 6) is 0.751. The number of benzene rings is 2. The van der Waals surface area contributed by atoms with Crippen LogP contribution in [-0.2, 0) is 0 Å². The van der Waals surface area contributed by atoms with E-state index in [0.717, 1.165) is 34.0 Å². The largest absolute Gasteiger partial charge is 0.282 e. The maximum Gasteiger partial charge on any atom is 0.187 e. The number of aryl methyl sites for hydroxylation is 4. The van der Waals surface area contributed by atoms with E-state index in [1.165, 1.54) is 16.7 Å². The van der Waals surface area contributed by atoms with Crippen LogP contribution in [0.2, 0.25) is 0 Å². The first-order valence-corrected chi connectivity index (χ1v) is 9.06. The molecule has 2 aromatic carbocycles. The van der Waals surface area contributed by atoms with Crippen molar-refractivity contribution >= 4 is 17.2 Å². The first-order chi connectivity index (χ1) is 13.0. The zero-order valence-corrected chi connectivity index (χ0v) is 16.1. The molecular formula is C23H22N4.